The minimum atomic E-state index is 0. The minimum Gasteiger partial charge on any atom is -0.337 e. The largest absolute Gasteiger partial charge is 0.337 e. The highest BCUT2D eigenvalue weighted by Gasteiger charge is 2.69. The number of amides is 1. The summed E-state index contributed by atoms with van der Waals surface area (Å²) in [7, 11) is 0. The molecule has 0 aromatic heterocycles. The maximum atomic E-state index is 12.6. The fourth-order valence-electron chi connectivity index (χ4n) is 3.31. The lowest BCUT2D eigenvalue weighted by atomic mass is 10.0. The van der Waals surface area contributed by atoms with Gasteiger partial charge in [0.1, 0.15) is 0 Å². The Morgan fingerprint density at radius 2 is 1.67 bits per heavy atom. The van der Waals surface area contributed by atoms with Gasteiger partial charge in [-0.3, -0.25) is 4.79 Å². The number of halogens is 1. The van der Waals surface area contributed by atoms with Crippen LogP contribution >= 0.6 is 12.4 Å². The number of piperazine rings is 1. The standard InChI is InChI=1S/C14H26N2O.ClH/c1-9-8-16(10(2)7-15-9)12(17)11-13(3,4)14(11,5)6;/h9-11,15H,7-8H2,1-6H3;1H. The first-order valence-corrected chi connectivity index (χ1v) is 6.73. The molecule has 0 aromatic rings. The van der Waals surface area contributed by atoms with Gasteiger partial charge in [-0.15, -0.1) is 12.4 Å². The highest BCUT2D eigenvalue weighted by molar-refractivity contribution is 5.85. The molecule has 106 valence electrons. The molecule has 2 rings (SSSR count). The average molecular weight is 275 g/mol. The summed E-state index contributed by atoms with van der Waals surface area (Å²) >= 11 is 0. The molecular formula is C14H27ClN2O. The summed E-state index contributed by atoms with van der Waals surface area (Å²) in [6.07, 6.45) is 0. The van der Waals surface area contributed by atoms with Crippen molar-refractivity contribution < 1.29 is 4.79 Å². The third kappa shape index (κ3) is 2.16. The summed E-state index contributed by atoms with van der Waals surface area (Å²) in [6, 6.07) is 0.742. The Morgan fingerprint density at radius 3 is 2.11 bits per heavy atom. The Morgan fingerprint density at radius 1 is 1.17 bits per heavy atom. The van der Waals surface area contributed by atoms with E-state index in [9.17, 15) is 4.79 Å². The van der Waals surface area contributed by atoms with E-state index in [1.54, 1.807) is 0 Å². The van der Waals surface area contributed by atoms with Crippen LogP contribution in [0.5, 0.6) is 0 Å². The van der Waals surface area contributed by atoms with Gasteiger partial charge < -0.3 is 10.2 Å². The molecule has 1 aliphatic heterocycles. The monoisotopic (exact) mass is 274 g/mol. The summed E-state index contributed by atoms with van der Waals surface area (Å²) in [5, 5.41) is 3.42. The van der Waals surface area contributed by atoms with E-state index in [-0.39, 0.29) is 29.2 Å². The number of carbonyl (C=O) groups excluding carboxylic acids is 1. The number of hydrogen-bond donors (Lipinski definition) is 1. The van der Waals surface area contributed by atoms with E-state index in [1.807, 2.05) is 0 Å². The maximum absolute atomic E-state index is 12.6. The van der Waals surface area contributed by atoms with Crippen molar-refractivity contribution >= 4 is 18.3 Å². The lowest BCUT2D eigenvalue weighted by molar-refractivity contribution is -0.137. The summed E-state index contributed by atoms with van der Waals surface area (Å²) in [5.41, 5.74) is 0.301. The Bertz CT molecular complexity index is 327. The SMILES string of the molecule is CC1CN(C(=O)C2C(C)(C)C2(C)C)C(C)CN1.Cl. The molecule has 2 atom stereocenters. The van der Waals surface area contributed by atoms with E-state index in [1.165, 1.54) is 0 Å². The maximum Gasteiger partial charge on any atom is 0.227 e. The lowest BCUT2D eigenvalue weighted by Crippen LogP contribution is -2.57. The van der Waals surface area contributed by atoms with Crippen molar-refractivity contribution in [3.63, 3.8) is 0 Å². The Hall–Kier alpha value is -0.280. The minimum absolute atomic E-state index is 0. The number of carbonyl (C=O) groups is 1. The van der Waals surface area contributed by atoms with E-state index in [4.69, 9.17) is 0 Å². The van der Waals surface area contributed by atoms with Crippen LogP contribution in [0.4, 0.5) is 0 Å². The van der Waals surface area contributed by atoms with Crippen molar-refractivity contribution in [1.82, 2.24) is 10.2 Å². The smallest absolute Gasteiger partial charge is 0.227 e. The average Bonchev–Trinajstić information content (AvgIpc) is 2.61. The van der Waals surface area contributed by atoms with Crippen LogP contribution in [0.25, 0.3) is 0 Å². The van der Waals surface area contributed by atoms with Crippen molar-refractivity contribution in [3.05, 3.63) is 0 Å². The Kier molecular flexibility index (Phi) is 4.10. The molecule has 18 heavy (non-hydrogen) atoms. The zero-order valence-electron chi connectivity index (χ0n) is 12.4. The molecular weight excluding hydrogens is 248 g/mol. The van der Waals surface area contributed by atoms with Crippen LogP contribution in [0.2, 0.25) is 0 Å². The van der Waals surface area contributed by atoms with Crippen molar-refractivity contribution in [3.8, 4) is 0 Å². The van der Waals surface area contributed by atoms with E-state index in [2.05, 4.69) is 51.8 Å². The van der Waals surface area contributed by atoms with Crippen LogP contribution in [0.3, 0.4) is 0 Å². The number of rotatable bonds is 1. The van der Waals surface area contributed by atoms with Gasteiger partial charge in [0.05, 0.1) is 0 Å². The molecule has 2 aliphatic rings. The second kappa shape index (κ2) is 4.68. The first-order valence-electron chi connectivity index (χ1n) is 6.73. The molecule has 1 N–H and O–H groups in total. The topological polar surface area (TPSA) is 32.3 Å². The van der Waals surface area contributed by atoms with Gasteiger partial charge in [0.15, 0.2) is 0 Å². The number of nitrogens with one attached hydrogen (secondary N) is 1. The van der Waals surface area contributed by atoms with Crippen LogP contribution in [-0.2, 0) is 4.79 Å². The molecule has 4 heteroatoms. The summed E-state index contributed by atoms with van der Waals surface area (Å²) in [4.78, 5) is 14.7. The normalized spacial score (nSPS) is 33.8. The van der Waals surface area contributed by atoms with Gasteiger partial charge in [-0.05, 0) is 24.7 Å². The van der Waals surface area contributed by atoms with E-state index in [0.717, 1.165) is 13.1 Å². The van der Waals surface area contributed by atoms with Gasteiger partial charge in [-0.25, -0.2) is 0 Å². The fraction of sp³-hybridized carbons (Fsp3) is 0.929. The molecule has 1 saturated carbocycles. The van der Waals surface area contributed by atoms with Crippen LogP contribution in [0, 0.1) is 16.7 Å². The van der Waals surface area contributed by atoms with Gasteiger partial charge in [0, 0.05) is 31.1 Å². The first-order chi connectivity index (χ1) is 7.69. The summed E-state index contributed by atoms with van der Waals surface area (Å²) in [6.45, 7) is 14.9. The fourth-order valence-corrected chi connectivity index (χ4v) is 3.31. The van der Waals surface area contributed by atoms with Gasteiger partial charge in [0.25, 0.3) is 0 Å². The lowest BCUT2D eigenvalue weighted by Gasteiger charge is -2.38. The van der Waals surface area contributed by atoms with Crippen molar-refractivity contribution in [2.45, 2.75) is 53.6 Å². The van der Waals surface area contributed by atoms with Gasteiger partial charge >= 0.3 is 0 Å². The van der Waals surface area contributed by atoms with E-state index in [0.29, 0.717) is 18.0 Å². The van der Waals surface area contributed by atoms with E-state index >= 15 is 0 Å². The van der Waals surface area contributed by atoms with Crippen LogP contribution in [0.15, 0.2) is 0 Å². The van der Waals surface area contributed by atoms with Gasteiger partial charge in [0.2, 0.25) is 5.91 Å². The summed E-state index contributed by atoms with van der Waals surface area (Å²) < 4.78 is 0. The Balaban J connectivity index is 0.00000162. The predicted molar refractivity (Wildman–Crippen MR) is 76.9 cm³/mol. The second-order valence-corrected chi connectivity index (χ2v) is 7.03. The van der Waals surface area contributed by atoms with Gasteiger partial charge in [-0.1, -0.05) is 27.7 Å². The van der Waals surface area contributed by atoms with Crippen molar-refractivity contribution in [2.75, 3.05) is 13.1 Å². The molecule has 0 bridgehead atoms. The third-order valence-electron chi connectivity index (χ3n) is 5.32. The molecule has 0 radical (unpaired) electrons. The zero-order valence-corrected chi connectivity index (χ0v) is 13.2. The highest BCUT2D eigenvalue weighted by Crippen LogP contribution is 2.68. The molecule has 3 nitrogen and oxygen atoms in total. The van der Waals surface area contributed by atoms with E-state index < -0.39 is 0 Å². The summed E-state index contributed by atoms with van der Waals surface area (Å²) in [5.74, 6) is 0.559. The molecule has 2 fully saturated rings. The van der Waals surface area contributed by atoms with Crippen LogP contribution < -0.4 is 5.32 Å². The van der Waals surface area contributed by atoms with Crippen LogP contribution in [-0.4, -0.2) is 36.0 Å². The molecule has 0 aromatic carbocycles. The highest BCUT2D eigenvalue weighted by atomic mass is 35.5. The number of nitrogens with zero attached hydrogens (tertiary/aromatic N) is 1. The first kappa shape index (κ1) is 15.8. The Labute approximate surface area is 117 Å². The van der Waals surface area contributed by atoms with Crippen LogP contribution in [0.1, 0.15) is 41.5 Å². The van der Waals surface area contributed by atoms with Gasteiger partial charge in [-0.2, -0.15) is 0 Å². The second-order valence-electron chi connectivity index (χ2n) is 7.03. The molecule has 2 unspecified atom stereocenters. The molecule has 1 heterocycles. The third-order valence-corrected chi connectivity index (χ3v) is 5.32. The van der Waals surface area contributed by atoms with Crippen molar-refractivity contribution in [2.24, 2.45) is 16.7 Å². The predicted octanol–water partition coefficient (Wildman–Crippen LogP) is 2.30. The molecule has 1 amide bonds. The quantitative estimate of drug-likeness (QED) is 0.796. The van der Waals surface area contributed by atoms with Crippen molar-refractivity contribution in [1.29, 1.82) is 0 Å². The molecule has 1 saturated heterocycles. The zero-order chi connectivity index (χ0) is 13.0. The molecule has 0 spiro atoms. The number of hydrogen-bond acceptors (Lipinski definition) is 2. The molecule has 1 aliphatic carbocycles.